The zero-order valence-corrected chi connectivity index (χ0v) is 19.9. The normalized spacial score (nSPS) is 14.5. The van der Waals surface area contributed by atoms with E-state index >= 15 is 0 Å². The van der Waals surface area contributed by atoms with E-state index in [0.29, 0.717) is 17.4 Å². The molecule has 0 radical (unpaired) electrons. The first-order valence-corrected chi connectivity index (χ1v) is 12.1. The summed E-state index contributed by atoms with van der Waals surface area (Å²) >= 11 is 5.56. The number of aromatic nitrogens is 4. The lowest BCUT2D eigenvalue weighted by Crippen LogP contribution is -2.46. The van der Waals surface area contributed by atoms with Crippen molar-refractivity contribution in [3.05, 3.63) is 89.9 Å². The van der Waals surface area contributed by atoms with Gasteiger partial charge in [-0.15, -0.1) is 5.10 Å². The van der Waals surface area contributed by atoms with Crippen LogP contribution >= 0.6 is 12.2 Å². The first-order valence-electron chi connectivity index (χ1n) is 11.7. The molecule has 1 saturated heterocycles. The van der Waals surface area contributed by atoms with E-state index in [9.17, 15) is 0 Å². The van der Waals surface area contributed by atoms with Crippen LogP contribution in [0.4, 0.5) is 5.69 Å². The van der Waals surface area contributed by atoms with Gasteiger partial charge in [-0.25, -0.2) is 9.67 Å². The molecule has 0 unspecified atom stereocenters. The van der Waals surface area contributed by atoms with Gasteiger partial charge >= 0.3 is 0 Å². The summed E-state index contributed by atoms with van der Waals surface area (Å²) < 4.78 is 7.79. The van der Waals surface area contributed by atoms with Crippen molar-refractivity contribution in [1.29, 1.82) is 0 Å². The number of para-hydroxylation sites is 2. The molecule has 0 aliphatic carbocycles. The molecule has 3 aromatic heterocycles. The van der Waals surface area contributed by atoms with Crippen LogP contribution in [-0.4, -0.2) is 50.8 Å². The topological polar surface area (TPSA) is 63.2 Å². The van der Waals surface area contributed by atoms with Crippen LogP contribution in [0.5, 0.6) is 0 Å². The van der Waals surface area contributed by atoms with Gasteiger partial charge in [-0.2, -0.15) is 0 Å². The van der Waals surface area contributed by atoms with Gasteiger partial charge in [0.1, 0.15) is 0 Å². The summed E-state index contributed by atoms with van der Waals surface area (Å²) in [6.07, 6.45) is 1.77. The second-order valence-corrected chi connectivity index (χ2v) is 8.89. The van der Waals surface area contributed by atoms with Crippen molar-refractivity contribution in [2.24, 2.45) is 0 Å². The Morgan fingerprint density at radius 2 is 1.60 bits per heavy atom. The molecule has 0 atom stereocenters. The molecule has 0 N–H and O–H groups in total. The average Bonchev–Trinajstić information content (AvgIpc) is 3.29. The number of hydrogen-bond donors (Lipinski definition) is 0. The zero-order valence-electron chi connectivity index (χ0n) is 19.1. The maximum Gasteiger partial charge on any atom is 0.288 e. The van der Waals surface area contributed by atoms with E-state index in [-0.39, 0.29) is 0 Å². The monoisotopic (exact) mass is 480 g/mol. The molecule has 1 fully saturated rings. The minimum absolute atomic E-state index is 0.366. The molecule has 35 heavy (non-hydrogen) atoms. The van der Waals surface area contributed by atoms with Gasteiger partial charge in [0.15, 0.2) is 0 Å². The van der Waals surface area contributed by atoms with Gasteiger partial charge < -0.3 is 9.32 Å². The molecule has 0 bridgehead atoms. The summed E-state index contributed by atoms with van der Waals surface area (Å²) in [4.78, 5) is 14.4. The first kappa shape index (κ1) is 21.6. The Kier molecular flexibility index (Phi) is 5.81. The summed E-state index contributed by atoms with van der Waals surface area (Å²) in [6.45, 7) is 4.39. The van der Waals surface area contributed by atoms with Gasteiger partial charge in [0.25, 0.3) is 4.84 Å². The number of fused-ring (bicyclic) bond motifs is 1. The second-order valence-electron chi connectivity index (χ2n) is 8.54. The van der Waals surface area contributed by atoms with Crippen molar-refractivity contribution in [1.82, 2.24) is 24.6 Å². The molecule has 5 aromatic rings. The maximum absolute atomic E-state index is 6.01. The summed E-state index contributed by atoms with van der Waals surface area (Å²) in [7, 11) is 0. The Hall–Kier alpha value is -3.88. The third-order valence-electron chi connectivity index (χ3n) is 6.31. The minimum atomic E-state index is 0.366. The molecule has 174 valence electrons. The fraction of sp³-hybridized carbons (Fsp3) is 0.185. The molecule has 2 aromatic carbocycles. The van der Waals surface area contributed by atoms with Crippen molar-refractivity contribution in [3.8, 4) is 22.8 Å². The molecule has 7 nitrogen and oxygen atoms in total. The SMILES string of the molecule is S=c1oc(-c2cc(-c3ccccn3)nc3ccccc23)nn1CN1CCN(c2ccccc2)CC1. The highest BCUT2D eigenvalue weighted by Gasteiger charge is 2.20. The maximum atomic E-state index is 6.01. The molecule has 8 heteroatoms. The predicted molar refractivity (Wildman–Crippen MR) is 140 cm³/mol. The minimum Gasteiger partial charge on any atom is -0.409 e. The van der Waals surface area contributed by atoms with Gasteiger partial charge in [0.2, 0.25) is 5.89 Å². The van der Waals surface area contributed by atoms with Crippen molar-refractivity contribution < 1.29 is 4.42 Å². The molecule has 4 heterocycles. The number of nitrogens with zero attached hydrogens (tertiary/aromatic N) is 6. The van der Waals surface area contributed by atoms with Gasteiger partial charge in [-0.05, 0) is 48.6 Å². The molecule has 6 rings (SSSR count). The van der Waals surface area contributed by atoms with Gasteiger partial charge in [0, 0.05) is 43.4 Å². The van der Waals surface area contributed by atoms with Crippen LogP contribution in [0.2, 0.25) is 0 Å². The Morgan fingerprint density at radius 1 is 0.829 bits per heavy atom. The largest absolute Gasteiger partial charge is 0.409 e. The second kappa shape index (κ2) is 9.40. The Morgan fingerprint density at radius 3 is 2.40 bits per heavy atom. The number of hydrogen-bond acceptors (Lipinski definition) is 7. The summed E-state index contributed by atoms with van der Waals surface area (Å²) in [5.74, 6) is 0.494. The van der Waals surface area contributed by atoms with Crippen LogP contribution in [0, 0.1) is 4.84 Å². The van der Waals surface area contributed by atoms with Crippen LogP contribution in [0.1, 0.15) is 0 Å². The van der Waals surface area contributed by atoms with Gasteiger partial charge in [-0.3, -0.25) is 9.88 Å². The molecular weight excluding hydrogens is 456 g/mol. The third-order valence-corrected chi connectivity index (χ3v) is 6.60. The summed E-state index contributed by atoms with van der Waals surface area (Å²) in [6, 6.07) is 26.3. The van der Waals surface area contributed by atoms with E-state index < -0.39 is 0 Å². The molecule has 1 aliphatic heterocycles. The molecule has 0 spiro atoms. The van der Waals surface area contributed by atoms with E-state index in [2.05, 4.69) is 45.1 Å². The Bertz CT molecular complexity index is 1510. The highest BCUT2D eigenvalue weighted by molar-refractivity contribution is 7.71. The van der Waals surface area contributed by atoms with Crippen LogP contribution in [0.15, 0.2) is 89.5 Å². The van der Waals surface area contributed by atoms with Crippen LogP contribution in [-0.2, 0) is 6.67 Å². The number of benzene rings is 2. The van der Waals surface area contributed by atoms with E-state index in [1.165, 1.54) is 5.69 Å². The van der Waals surface area contributed by atoms with E-state index in [1.54, 1.807) is 10.9 Å². The van der Waals surface area contributed by atoms with E-state index in [0.717, 1.165) is 54.0 Å². The number of rotatable bonds is 5. The van der Waals surface area contributed by atoms with Crippen molar-refractivity contribution in [2.75, 3.05) is 31.1 Å². The zero-order chi connectivity index (χ0) is 23.6. The average molecular weight is 481 g/mol. The predicted octanol–water partition coefficient (Wildman–Crippen LogP) is 5.26. The smallest absolute Gasteiger partial charge is 0.288 e. The third kappa shape index (κ3) is 4.45. The van der Waals surface area contributed by atoms with Crippen molar-refractivity contribution in [2.45, 2.75) is 6.67 Å². The fourth-order valence-corrected chi connectivity index (χ4v) is 4.66. The first-order chi connectivity index (χ1) is 17.2. The van der Waals surface area contributed by atoms with Gasteiger partial charge in [0.05, 0.1) is 29.1 Å². The molecule has 1 aliphatic rings. The van der Waals surface area contributed by atoms with Crippen LogP contribution < -0.4 is 4.90 Å². The Balaban J connectivity index is 1.27. The van der Waals surface area contributed by atoms with Crippen molar-refractivity contribution >= 4 is 28.8 Å². The molecular formula is C27H24N6OS. The van der Waals surface area contributed by atoms with Crippen LogP contribution in [0.3, 0.4) is 0 Å². The lowest BCUT2D eigenvalue weighted by atomic mass is 10.1. The number of pyridine rings is 2. The van der Waals surface area contributed by atoms with Crippen molar-refractivity contribution in [3.63, 3.8) is 0 Å². The molecule has 0 saturated carbocycles. The quantitative estimate of drug-likeness (QED) is 0.318. The van der Waals surface area contributed by atoms with E-state index in [4.69, 9.17) is 26.7 Å². The lowest BCUT2D eigenvalue weighted by molar-refractivity contribution is 0.192. The molecule has 0 amide bonds. The number of piperazine rings is 1. The van der Waals surface area contributed by atoms with Gasteiger partial charge in [-0.1, -0.05) is 42.5 Å². The summed E-state index contributed by atoms with van der Waals surface area (Å²) in [5, 5.41) is 5.74. The summed E-state index contributed by atoms with van der Waals surface area (Å²) in [5.41, 5.74) is 4.55. The Labute approximate surface area is 208 Å². The highest BCUT2D eigenvalue weighted by Crippen LogP contribution is 2.31. The number of anilines is 1. The highest BCUT2D eigenvalue weighted by atomic mass is 32.1. The van der Waals surface area contributed by atoms with E-state index in [1.807, 2.05) is 48.5 Å². The van der Waals surface area contributed by atoms with Crippen LogP contribution in [0.25, 0.3) is 33.7 Å². The standard InChI is InChI=1S/C27H24N6OS/c35-27-33(19-31-14-16-32(17-15-31)20-8-2-1-3-9-20)30-26(34-27)22-18-25(24-12-6-7-13-28-24)29-23-11-5-4-10-21(22)23/h1-13,18H,14-17,19H2. The lowest BCUT2D eigenvalue weighted by Gasteiger charge is -2.35. The fourth-order valence-electron chi connectivity index (χ4n) is 4.48.